The maximum absolute atomic E-state index is 14.5. The molecule has 11 nitrogen and oxygen atoms in total. The fourth-order valence-corrected chi connectivity index (χ4v) is 9.22. The van der Waals surface area contributed by atoms with Crippen molar-refractivity contribution < 1.29 is 32.3 Å². The Morgan fingerprint density at radius 1 is 0.941 bits per heavy atom. The molecule has 3 fully saturated rings. The number of benzene rings is 2. The third kappa shape index (κ3) is 8.55. The van der Waals surface area contributed by atoms with Crippen LogP contribution in [0.1, 0.15) is 88.2 Å². The number of amides is 3. The van der Waals surface area contributed by atoms with Gasteiger partial charge in [-0.15, -0.1) is 0 Å². The summed E-state index contributed by atoms with van der Waals surface area (Å²) in [5.41, 5.74) is 0.849. The first-order chi connectivity index (χ1) is 24.6. The predicted octanol–water partition coefficient (Wildman–Crippen LogP) is 5.90. The summed E-state index contributed by atoms with van der Waals surface area (Å²) in [6.45, 7) is 0.539. The van der Waals surface area contributed by atoms with Crippen LogP contribution in [0.5, 0.6) is 11.5 Å². The first-order valence-corrected chi connectivity index (χ1v) is 20.3. The van der Waals surface area contributed by atoms with Crippen molar-refractivity contribution in [3.05, 3.63) is 70.8 Å². The number of alkyl carbamates (subject to hydrolysis) is 1. The van der Waals surface area contributed by atoms with Gasteiger partial charge in [0.2, 0.25) is 15.9 Å². The lowest BCUT2D eigenvalue weighted by molar-refractivity contribution is -0.137. The lowest BCUT2D eigenvalue weighted by Crippen LogP contribution is -2.58. The minimum Gasteiger partial charge on any atom is -0.457 e. The number of halogens is 1. The first-order valence-electron chi connectivity index (χ1n) is 18.4. The highest BCUT2D eigenvalue weighted by molar-refractivity contribution is 7.91. The van der Waals surface area contributed by atoms with Gasteiger partial charge in [0.15, 0.2) is 0 Å². The molecule has 0 saturated heterocycles. The van der Waals surface area contributed by atoms with E-state index in [2.05, 4.69) is 21.4 Å². The van der Waals surface area contributed by atoms with Gasteiger partial charge >= 0.3 is 6.09 Å². The monoisotopic (exact) mass is 738 g/mol. The number of allylic oxidation sites excluding steroid dienone is 1. The summed E-state index contributed by atoms with van der Waals surface area (Å²) in [6.07, 6.45) is 12.9. The molecule has 3 N–H and O–H groups in total. The Labute approximate surface area is 304 Å². The van der Waals surface area contributed by atoms with Crippen LogP contribution in [0.3, 0.4) is 0 Å². The quantitative estimate of drug-likeness (QED) is 0.298. The normalized spacial score (nSPS) is 27.8. The maximum Gasteiger partial charge on any atom is 0.408 e. The number of fused-ring (bicyclic) bond motifs is 3. The highest BCUT2D eigenvalue weighted by atomic mass is 35.5. The topological polar surface area (TPSA) is 143 Å². The van der Waals surface area contributed by atoms with E-state index in [1.807, 2.05) is 36.4 Å². The van der Waals surface area contributed by atoms with E-state index in [1.165, 1.54) is 0 Å². The minimum atomic E-state index is -3.75. The summed E-state index contributed by atoms with van der Waals surface area (Å²) < 4.78 is 39.9. The number of hydrogen-bond acceptors (Lipinski definition) is 8. The molecule has 7 rings (SSSR count). The van der Waals surface area contributed by atoms with Crippen LogP contribution in [0.15, 0.2) is 54.6 Å². The molecule has 2 aromatic carbocycles. The van der Waals surface area contributed by atoms with E-state index in [9.17, 15) is 22.8 Å². The molecule has 3 amide bonds. The Balaban J connectivity index is 1.16. The van der Waals surface area contributed by atoms with Gasteiger partial charge in [-0.1, -0.05) is 48.7 Å². The van der Waals surface area contributed by atoms with Gasteiger partial charge in [0.25, 0.3) is 5.91 Å². The van der Waals surface area contributed by atoms with Gasteiger partial charge in [-0.25, -0.2) is 13.2 Å². The third-order valence-corrected chi connectivity index (χ3v) is 13.0. The van der Waals surface area contributed by atoms with E-state index in [4.69, 9.17) is 21.1 Å². The van der Waals surface area contributed by atoms with Crippen molar-refractivity contribution >= 4 is 39.5 Å². The smallest absolute Gasteiger partial charge is 0.408 e. The number of hydrogen-bond donors (Lipinski definition) is 3. The highest BCUT2D eigenvalue weighted by Gasteiger charge is 2.60. The molecule has 0 aromatic heterocycles. The van der Waals surface area contributed by atoms with Crippen LogP contribution in [-0.4, -0.2) is 66.7 Å². The van der Waals surface area contributed by atoms with E-state index >= 15 is 0 Å². The van der Waals surface area contributed by atoms with Crippen molar-refractivity contribution in [2.45, 2.75) is 119 Å². The van der Waals surface area contributed by atoms with E-state index in [0.29, 0.717) is 55.2 Å². The number of sulfonamides is 1. The van der Waals surface area contributed by atoms with Crippen molar-refractivity contribution in [2.24, 2.45) is 5.92 Å². The number of carbonyl (C=O) groups is 3. The lowest BCUT2D eigenvalue weighted by Gasteiger charge is -2.40. The molecule has 3 saturated carbocycles. The fraction of sp³-hybridized carbons (Fsp3) is 0.553. The Hall–Kier alpha value is -3.61. The lowest BCUT2D eigenvalue weighted by atomic mass is 9.92. The van der Waals surface area contributed by atoms with Gasteiger partial charge in [0, 0.05) is 30.1 Å². The van der Waals surface area contributed by atoms with E-state index in [-0.39, 0.29) is 24.5 Å². The summed E-state index contributed by atoms with van der Waals surface area (Å²) in [6, 6.07) is 11.8. The van der Waals surface area contributed by atoms with Crippen LogP contribution < -0.4 is 20.1 Å². The van der Waals surface area contributed by atoms with Crippen molar-refractivity contribution in [2.75, 3.05) is 6.54 Å². The van der Waals surface area contributed by atoms with Crippen LogP contribution in [0.2, 0.25) is 5.02 Å². The van der Waals surface area contributed by atoms with E-state index < -0.39 is 44.9 Å². The van der Waals surface area contributed by atoms with Gasteiger partial charge in [0.1, 0.15) is 29.2 Å². The summed E-state index contributed by atoms with van der Waals surface area (Å²) in [5.74, 6) is 0.309. The molecule has 2 aromatic rings. The summed E-state index contributed by atoms with van der Waals surface area (Å²) in [5, 5.41) is 6.42. The van der Waals surface area contributed by atoms with Crippen LogP contribution in [-0.2, 0) is 37.3 Å². The van der Waals surface area contributed by atoms with Gasteiger partial charge in [-0.05, 0) is 112 Å². The molecule has 0 unspecified atom stereocenters. The molecule has 0 bridgehead atoms. The molecule has 5 aliphatic rings. The molecule has 51 heavy (non-hydrogen) atoms. The molecule has 4 atom stereocenters. The first kappa shape index (κ1) is 35.8. The van der Waals surface area contributed by atoms with Crippen LogP contribution in [0, 0.1) is 5.92 Å². The predicted molar refractivity (Wildman–Crippen MR) is 193 cm³/mol. The third-order valence-electron chi connectivity index (χ3n) is 10.9. The maximum atomic E-state index is 14.5. The number of ether oxygens (including phenoxy) is 2. The molecule has 2 heterocycles. The van der Waals surface area contributed by atoms with Crippen molar-refractivity contribution in [3.8, 4) is 11.5 Å². The largest absolute Gasteiger partial charge is 0.457 e. The average molecular weight is 739 g/mol. The van der Waals surface area contributed by atoms with Gasteiger partial charge in [-0.2, -0.15) is 0 Å². The zero-order chi connectivity index (χ0) is 35.6. The zero-order valence-electron chi connectivity index (χ0n) is 28.8. The second kappa shape index (κ2) is 15.2. The van der Waals surface area contributed by atoms with Crippen molar-refractivity contribution in [3.63, 3.8) is 0 Å². The molecular weight excluding hydrogens is 692 g/mol. The van der Waals surface area contributed by atoms with Gasteiger partial charge in [-0.3, -0.25) is 14.3 Å². The highest BCUT2D eigenvalue weighted by Crippen LogP contribution is 2.46. The van der Waals surface area contributed by atoms with Crippen LogP contribution in [0.25, 0.3) is 0 Å². The number of carbonyl (C=O) groups excluding carboxylic acids is 3. The molecule has 274 valence electrons. The average Bonchev–Trinajstić information content (AvgIpc) is 4.02. The number of rotatable bonds is 7. The Morgan fingerprint density at radius 2 is 1.73 bits per heavy atom. The molecule has 2 aliphatic heterocycles. The summed E-state index contributed by atoms with van der Waals surface area (Å²) >= 11 is 6.18. The van der Waals surface area contributed by atoms with Crippen LogP contribution in [0.4, 0.5) is 4.79 Å². The Morgan fingerprint density at radius 3 is 2.51 bits per heavy atom. The second-order valence-corrected chi connectivity index (χ2v) is 17.1. The molecule has 0 radical (unpaired) electrons. The van der Waals surface area contributed by atoms with Crippen molar-refractivity contribution in [1.29, 1.82) is 0 Å². The second-order valence-electron chi connectivity index (χ2n) is 14.7. The standard InChI is InChI=1S/C38H47ClN4O7S/c39-28-10-8-13-31(21-28)49-32-16-15-25-24-43-29(19-26(25)20-32)23-40-38(36(45)42-51(47,48)33-17-18-33)22-27(38)9-4-2-1-3-5-14-34(35(43)44)41-37(46)50-30-11-6-7-12-30/h4,8-10,13,15-16,20-21,27,29-30,33-34,40H,1-3,5-7,11-12,14,17-19,22-24H2,(H,41,46)(H,42,45)/b9-4-/t27-,29+,34+,38-/m1/s1. The van der Waals surface area contributed by atoms with Crippen molar-refractivity contribution in [1.82, 2.24) is 20.3 Å². The Bertz CT molecular complexity index is 1780. The van der Waals surface area contributed by atoms with Gasteiger partial charge in [0.05, 0.1) is 5.25 Å². The molecule has 3 aliphatic carbocycles. The number of nitrogens with zero attached hydrogens (tertiary/aromatic N) is 1. The SMILES string of the molecule is O=C(N[C@H]1CCCCC/C=C\[C@@H]2C[C@@]2(C(=O)NS(=O)(=O)C2CC2)NC[C@@H]2Cc3cc(Oc4cccc(Cl)c4)ccc3CN2C1=O)OC1CCCC1. The minimum absolute atomic E-state index is 0.131. The van der Waals surface area contributed by atoms with E-state index in [1.54, 1.807) is 17.0 Å². The molecular formula is C38H47ClN4O7S. The van der Waals surface area contributed by atoms with Gasteiger partial charge < -0.3 is 25.0 Å². The Kier molecular flexibility index (Phi) is 10.6. The molecule has 13 heteroatoms. The fourth-order valence-electron chi connectivity index (χ4n) is 7.68. The summed E-state index contributed by atoms with van der Waals surface area (Å²) in [4.78, 5) is 43.2. The summed E-state index contributed by atoms with van der Waals surface area (Å²) in [7, 11) is -3.75. The van der Waals surface area contributed by atoms with E-state index in [0.717, 1.165) is 62.5 Å². The number of nitrogens with one attached hydrogen (secondary N) is 3. The van der Waals surface area contributed by atoms with Crippen LogP contribution >= 0.6 is 11.6 Å². The zero-order valence-corrected chi connectivity index (χ0v) is 30.4. The molecule has 0 spiro atoms.